The van der Waals surface area contributed by atoms with Crippen molar-refractivity contribution in [1.29, 1.82) is 0 Å². The molecule has 2 rings (SSSR count). The highest BCUT2D eigenvalue weighted by atomic mass is 32.1. The van der Waals surface area contributed by atoms with Crippen LogP contribution in [-0.4, -0.2) is 54.3 Å². The van der Waals surface area contributed by atoms with Gasteiger partial charge in [0.25, 0.3) is 5.91 Å². The Balaban J connectivity index is 0.00000882. The number of nitrogens with two attached hydrogens (primary N) is 1. The zero-order valence-corrected chi connectivity index (χ0v) is 24.8. The number of benzene rings is 1. The molecule has 0 saturated heterocycles. The lowest BCUT2D eigenvalue weighted by atomic mass is 10.0. The second-order valence-electron chi connectivity index (χ2n) is 10.1. The molecule has 1 heterocycles. The fourth-order valence-corrected chi connectivity index (χ4v) is 4.80. The molecule has 3 atom stereocenters. The van der Waals surface area contributed by atoms with E-state index < -0.39 is 41.8 Å². The monoisotopic (exact) mass is 600 g/mol. The molecule has 0 radical (unpaired) electrons. The summed E-state index contributed by atoms with van der Waals surface area (Å²) in [6.07, 6.45) is 3.28. The molecule has 0 fully saturated rings. The Morgan fingerprint density at radius 1 is 1.00 bits per heavy atom. The fraction of sp³-hybridized carbons (Fsp3) is 0.452. The molecular weight excluding hydrogens is 556 g/mol. The topological polar surface area (TPSA) is 157 Å². The first-order valence-corrected chi connectivity index (χ1v) is 14.5. The summed E-state index contributed by atoms with van der Waals surface area (Å²) >= 11 is 1.29. The van der Waals surface area contributed by atoms with Crippen molar-refractivity contribution in [2.75, 3.05) is 6.61 Å². The van der Waals surface area contributed by atoms with Crippen LogP contribution in [0.15, 0.2) is 53.9 Å². The van der Waals surface area contributed by atoms with Crippen molar-refractivity contribution in [3.8, 4) is 0 Å². The molecular formula is C31H44N4O6S. The van der Waals surface area contributed by atoms with E-state index in [0.29, 0.717) is 11.3 Å². The number of aryl methyl sites for hydroxylation is 1. The van der Waals surface area contributed by atoms with Crippen molar-refractivity contribution >= 4 is 40.9 Å². The molecule has 0 aliphatic heterocycles. The lowest BCUT2D eigenvalue weighted by Crippen LogP contribution is -2.55. The van der Waals surface area contributed by atoms with Crippen LogP contribution in [0.5, 0.6) is 0 Å². The Morgan fingerprint density at radius 2 is 1.67 bits per heavy atom. The average Bonchev–Trinajstić information content (AvgIpc) is 3.36. The fourth-order valence-electron chi connectivity index (χ4n) is 4.00. The van der Waals surface area contributed by atoms with Gasteiger partial charge < -0.3 is 26.4 Å². The van der Waals surface area contributed by atoms with Crippen LogP contribution in [0.4, 0.5) is 0 Å². The standard InChI is InChI=1S/C30H40N4O6S.CH4/c1-5-40-27(36)14-12-22(11-13-26(31)35)32-28(37)24(17-21-9-7-6-8-10-21)33-29(38)23(15-19(2)3)34-30(39)25-16-20(4)18-41-25;/h6-10,12,14,16,18-19,22-24H,5,11,13,15,17H2,1-4H3,(H2,31,35)(H,32,37)(H,33,38)(H,34,39);1H4/b14-12+;/t22-,23-,24-;/m0./s1. The molecule has 1 aromatic carbocycles. The summed E-state index contributed by atoms with van der Waals surface area (Å²) in [6, 6.07) is 8.34. The Kier molecular flexibility index (Phi) is 15.8. The number of carbonyl (C=O) groups is 5. The van der Waals surface area contributed by atoms with Crippen LogP contribution in [0.1, 0.15) is 68.3 Å². The summed E-state index contributed by atoms with van der Waals surface area (Å²) in [4.78, 5) is 63.6. The minimum atomic E-state index is -1.01. The molecule has 5 N–H and O–H groups in total. The van der Waals surface area contributed by atoms with Crippen LogP contribution in [0.3, 0.4) is 0 Å². The molecule has 0 spiro atoms. The van der Waals surface area contributed by atoms with E-state index in [9.17, 15) is 24.0 Å². The molecule has 42 heavy (non-hydrogen) atoms. The molecule has 0 aliphatic carbocycles. The van der Waals surface area contributed by atoms with Gasteiger partial charge in [-0.25, -0.2) is 4.79 Å². The maximum absolute atomic E-state index is 13.5. The van der Waals surface area contributed by atoms with Gasteiger partial charge in [-0.1, -0.05) is 57.7 Å². The minimum Gasteiger partial charge on any atom is -0.463 e. The molecule has 0 saturated carbocycles. The van der Waals surface area contributed by atoms with Gasteiger partial charge in [0.2, 0.25) is 17.7 Å². The molecule has 10 nitrogen and oxygen atoms in total. The zero-order valence-electron chi connectivity index (χ0n) is 24.0. The number of esters is 1. The van der Waals surface area contributed by atoms with E-state index in [2.05, 4.69) is 16.0 Å². The van der Waals surface area contributed by atoms with Crippen molar-refractivity contribution in [2.24, 2.45) is 11.7 Å². The third kappa shape index (κ3) is 13.1. The summed E-state index contributed by atoms with van der Waals surface area (Å²) in [6.45, 7) is 7.62. The Labute approximate surface area is 252 Å². The van der Waals surface area contributed by atoms with Crippen molar-refractivity contribution in [1.82, 2.24) is 16.0 Å². The maximum Gasteiger partial charge on any atom is 0.330 e. The van der Waals surface area contributed by atoms with Crippen LogP contribution in [0.2, 0.25) is 0 Å². The van der Waals surface area contributed by atoms with E-state index in [0.717, 1.165) is 11.1 Å². The number of rotatable bonds is 16. The number of primary amides is 1. The first kappa shape index (κ1) is 36.0. The van der Waals surface area contributed by atoms with Gasteiger partial charge in [0.1, 0.15) is 12.1 Å². The van der Waals surface area contributed by atoms with Gasteiger partial charge in [-0.15, -0.1) is 11.3 Å². The third-order valence-electron chi connectivity index (χ3n) is 5.98. The first-order valence-electron chi connectivity index (χ1n) is 13.6. The van der Waals surface area contributed by atoms with Crippen molar-refractivity contribution in [2.45, 2.75) is 78.9 Å². The largest absolute Gasteiger partial charge is 0.463 e. The Hall–Kier alpha value is -3.99. The van der Waals surface area contributed by atoms with Crippen LogP contribution < -0.4 is 21.7 Å². The highest BCUT2D eigenvalue weighted by molar-refractivity contribution is 7.12. The average molecular weight is 601 g/mol. The van der Waals surface area contributed by atoms with Crippen LogP contribution in [0.25, 0.3) is 0 Å². The van der Waals surface area contributed by atoms with Crippen LogP contribution in [0, 0.1) is 12.8 Å². The lowest BCUT2D eigenvalue weighted by molar-refractivity contribution is -0.137. The molecule has 230 valence electrons. The van der Waals surface area contributed by atoms with Crippen LogP contribution in [-0.2, 0) is 30.3 Å². The maximum atomic E-state index is 13.5. The molecule has 0 bridgehead atoms. The second kappa shape index (κ2) is 18.4. The van der Waals surface area contributed by atoms with Crippen molar-refractivity contribution in [3.05, 3.63) is 69.9 Å². The van der Waals surface area contributed by atoms with Gasteiger partial charge in [-0.05, 0) is 55.2 Å². The smallest absolute Gasteiger partial charge is 0.330 e. The van der Waals surface area contributed by atoms with Gasteiger partial charge >= 0.3 is 5.97 Å². The van der Waals surface area contributed by atoms with E-state index in [1.807, 2.05) is 56.5 Å². The molecule has 4 amide bonds. The summed E-state index contributed by atoms with van der Waals surface area (Å²) in [5, 5.41) is 10.3. The SMILES string of the molecule is C.CCOC(=O)/C=C/[C@H](CCC(N)=O)NC(=O)[C@H](Cc1ccccc1)NC(=O)[C@H](CC(C)C)NC(=O)c1cc(C)cs1. The number of ether oxygens (including phenoxy) is 1. The van der Waals surface area contributed by atoms with Crippen LogP contribution >= 0.6 is 11.3 Å². The molecule has 1 aromatic heterocycles. The predicted octanol–water partition coefficient (Wildman–Crippen LogP) is 3.43. The van der Waals surface area contributed by atoms with Gasteiger partial charge in [-0.3, -0.25) is 19.2 Å². The number of amides is 4. The van der Waals surface area contributed by atoms with Gasteiger partial charge in [0.15, 0.2) is 0 Å². The Morgan fingerprint density at radius 3 is 2.24 bits per heavy atom. The van der Waals surface area contributed by atoms with Crippen molar-refractivity contribution in [3.63, 3.8) is 0 Å². The van der Waals surface area contributed by atoms with E-state index in [1.165, 1.54) is 23.5 Å². The first-order chi connectivity index (χ1) is 19.5. The molecule has 0 unspecified atom stereocenters. The third-order valence-corrected chi connectivity index (χ3v) is 7.03. The highest BCUT2D eigenvalue weighted by Crippen LogP contribution is 2.15. The minimum absolute atomic E-state index is 0. The number of carbonyl (C=O) groups excluding carboxylic acids is 5. The number of thiophene rings is 1. The summed E-state index contributed by atoms with van der Waals surface area (Å²) < 4.78 is 4.90. The summed E-state index contributed by atoms with van der Waals surface area (Å²) in [7, 11) is 0. The highest BCUT2D eigenvalue weighted by Gasteiger charge is 2.29. The molecule has 0 aliphatic rings. The predicted molar refractivity (Wildman–Crippen MR) is 165 cm³/mol. The number of hydrogen-bond donors (Lipinski definition) is 4. The second-order valence-corrected chi connectivity index (χ2v) is 11.0. The number of nitrogens with one attached hydrogen (secondary N) is 3. The van der Waals surface area contributed by atoms with Crippen molar-refractivity contribution < 1.29 is 28.7 Å². The quantitative estimate of drug-likeness (QED) is 0.171. The van der Waals surface area contributed by atoms with E-state index >= 15 is 0 Å². The Bertz CT molecular complexity index is 1210. The van der Waals surface area contributed by atoms with Gasteiger partial charge in [0.05, 0.1) is 11.5 Å². The summed E-state index contributed by atoms with van der Waals surface area (Å²) in [5.41, 5.74) is 7.06. The van der Waals surface area contributed by atoms with Gasteiger partial charge in [-0.2, -0.15) is 0 Å². The lowest BCUT2D eigenvalue weighted by Gasteiger charge is -2.25. The van der Waals surface area contributed by atoms with Gasteiger partial charge in [0, 0.05) is 25.0 Å². The molecule has 2 aromatic rings. The molecule has 11 heteroatoms. The zero-order chi connectivity index (χ0) is 30.4. The summed E-state index contributed by atoms with van der Waals surface area (Å²) in [5.74, 6) is -2.43. The van der Waals surface area contributed by atoms with E-state index in [1.54, 1.807) is 13.0 Å². The number of hydrogen-bond acceptors (Lipinski definition) is 7. The van der Waals surface area contributed by atoms with E-state index in [4.69, 9.17) is 10.5 Å². The normalized spacial score (nSPS) is 13.0. The van der Waals surface area contributed by atoms with E-state index in [-0.39, 0.29) is 45.1 Å².